The average molecular weight is 249 g/mol. The summed E-state index contributed by atoms with van der Waals surface area (Å²) in [6.07, 6.45) is 0. The first-order valence-electron chi connectivity index (χ1n) is 3.91. The molecule has 0 aliphatic heterocycles. The maximum atomic E-state index is 11.4. The first kappa shape index (κ1) is 12.0. The van der Waals surface area contributed by atoms with Gasteiger partial charge in [0.2, 0.25) is 15.9 Å². The Hall–Kier alpha value is -1.11. The molecule has 1 aromatic carbocycles. The van der Waals surface area contributed by atoms with Crippen molar-refractivity contribution in [2.75, 3.05) is 7.05 Å². The normalized spacial score (nSPS) is 11.3. The Balaban J connectivity index is 3.38. The summed E-state index contributed by atoms with van der Waals surface area (Å²) < 4.78 is 24.9. The molecule has 0 radical (unpaired) electrons. The highest BCUT2D eigenvalue weighted by atomic mass is 35.5. The molecule has 0 heterocycles. The van der Waals surface area contributed by atoms with Crippen LogP contribution in [0, 0.1) is 0 Å². The molecule has 15 heavy (non-hydrogen) atoms. The third kappa shape index (κ3) is 2.47. The highest BCUT2D eigenvalue weighted by Crippen LogP contribution is 2.19. The van der Waals surface area contributed by atoms with Crippen molar-refractivity contribution in [3.63, 3.8) is 0 Å². The number of rotatable bonds is 3. The molecule has 0 fully saturated rings. The van der Waals surface area contributed by atoms with E-state index < -0.39 is 15.9 Å². The van der Waals surface area contributed by atoms with E-state index in [9.17, 15) is 13.2 Å². The third-order valence-corrected chi connectivity index (χ3v) is 3.52. The molecule has 1 aromatic rings. The lowest BCUT2D eigenvalue weighted by molar-refractivity contribution is 0.1000. The summed E-state index contributed by atoms with van der Waals surface area (Å²) in [5, 5.41) is 0.123. The van der Waals surface area contributed by atoms with Crippen LogP contribution in [0.25, 0.3) is 0 Å². The Labute approximate surface area is 92.3 Å². The van der Waals surface area contributed by atoms with Gasteiger partial charge in [0, 0.05) is 0 Å². The molecule has 0 atom stereocenters. The van der Waals surface area contributed by atoms with Gasteiger partial charge in [-0.3, -0.25) is 4.79 Å². The van der Waals surface area contributed by atoms with E-state index in [4.69, 9.17) is 17.3 Å². The van der Waals surface area contributed by atoms with E-state index in [1.54, 1.807) is 0 Å². The van der Waals surface area contributed by atoms with Gasteiger partial charge in [0.25, 0.3) is 0 Å². The van der Waals surface area contributed by atoms with E-state index in [1.807, 2.05) is 0 Å². The van der Waals surface area contributed by atoms with E-state index in [1.165, 1.54) is 19.2 Å². The molecular weight excluding hydrogens is 240 g/mol. The van der Waals surface area contributed by atoms with Crippen LogP contribution in [0.4, 0.5) is 0 Å². The smallest absolute Gasteiger partial charge is 0.250 e. The maximum absolute atomic E-state index is 11.4. The number of sulfonamides is 1. The Morgan fingerprint density at radius 1 is 1.47 bits per heavy atom. The molecular formula is C8H9ClN2O3S. The summed E-state index contributed by atoms with van der Waals surface area (Å²) >= 11 is 5.67. The van der Waals surface area contributed by atoms with E-state index in [0.717, 1.165) is 6.07 Å². The SMILES string of the molecule is CNS(=O)(=O)c1ccc(Cl)c(C(N)=O)c1. The fraction of sp³-hybridized carbons (Fsp3) is 0.125. The van der Waals surface area contributed by atoms with Crippen LogP contribution >= 0.6 is 11.6 Å². The Kier molecular flexibility index (Phi) is 3.33. The van der Waals surface area contributed by atoms with Gasteiger partial charge in [-0.05, 0) is 25.2 Å². The summed E-state index contributed by atoms with van der Waals surface area (Å²) in [6, 6.07) is 3.74. The van der Waals surface area contributed by atoms with Crippen LogP contribution in [0.3, 0.4) is 0 Å². The van der Waals surface area contributed by atoms with Gasteiger partial charge in [-0.15, -0.1) is 0 Å². The molecule has 3 N–H and O–H groups in total. The number of nitrogens with one attached hydrogen (secondary N) is 1. The first-order chi connectivity index (χ1) is 6.88. The number of nitrogens with two attached hydrogens (primary N) is 1. The minimum atomic E-state index is -3.59. The number of benzene rings is 1. The molecule has 1 rings (SSSR count). The van der Waals surface area contributed by atoms with Crippen molar-refractivity contribution in [1.82, 2.24) is 4.72 Å². The third-order valence-electron chi connectivity index (χ3n) is 1.78. The number of amides is 1. The summed E-state index contributed by atoms with van der Waals surface area (Å²) in [4.78, 5) is 10.9. The van der Waals surface area contributed by atoms with Crippen LogP contribution in [0.2, 0.25) is 5.02 Å². The van der Waals surface area contributed by atoms with Gasteiger partial charge in [-0.25, -0.2) is 13.1 Å². The first-order valence-corrected chi connectivity index (χ1v) is 5.77. The van der Waals surface area contributed by atoms with Crippen LogP contribution in [0.15, 0.2) is 23.1 Å². The van der Waals surface area contributed by atoms with E-state index >= 15 is 0 Å². The Morgan fingerprint density at radius 2 is 2.07 bits per heavy atom. The Bertz CT molecular complexity index is 499. The lowest BCUT2D eigenvalue weighted by Crippen LogP contribution is -2.20. The molecule has 0 aliphatic rings. The molecule has 7 heteroatoms. The number of primary amides is 1. The van der Waals surface area contributed by atoms with Crippen LogP contribution in [0.5, 0.6) is 0 Å². The van der Waals surface area contributed by atoms with Crippen molar-refractivity contribution in [1.29, 1.82) is 0 Å². The maximum Gasteiger partial charge on any atom is 0.250 e. The second-order valence-corrected chi connectivity index (χ2v) is 5.01. The molecule has 0 unspecified atom stereocenters. The molecule has 0 aromatic heterocycles. The summed E-state index contributed by atoms with van der Waals surface area (Å²) in [7, 11) is -2.32. The number of carbonyl (C=O) groups excluding carboxylic acids is 1. The van der Waals surface area contributed by atoms with Crippen molar-refractivity contribution >= 4 is 27.5 Å². The van der Waals surface area contributed by atoms with E-state index in [2.05, 4.69) is 4.72 Å². The molecule has 5 nitrogen and oxygen atoms in total. The van der Waals surface area contributed by atoms with Gasteiger partial charge in [0.15, 0.2) is 0 Å². The van der Waals surface area contributed by atoms with E-state index in [-0.39, 0.29) is 15.5 Å². The lowest BCUT2D eigenvalue weighted by Gasteiger charge is -2.05. The zero-order valence-electron chi connectivity index (χ0n) is 7.82. The quantitative estimate of drug-likeness (QED) is 0.809. The van der Waals surface area contributed by atoms with Crippen LogP contribution in [0.1, 0.15) is 10.4 Å². The Morgan fingerprint density at radius 3 is 2.53 bits per heavy atom. The number of hydrogen-bond donors (Lipinski definition) is 2. The fourth-order valence-electron chi connectivity index (χ4n) is 0.978. The zero-order valence-corrected chi connectivity index (χ0v) is 9.39. The lowest BCUT2D eigenvalue weighted by atomic mass is 10.2. The number of hydrogen-bond acceptors (Lipinski definition) is 3. The molecule has 1 amide bonds. The minimum Gasteiger partial charge on any atom is -0.366 e. The average Bonchev–Trinajstić information content (AvgIpc) is 2.17. The molecule has 0 bridgehead atoms. The monoisotopic (exact) mass is 248 g/mol. The van der Waals surface area contributed by atoms with E-state index in [0.29, 0.717) is 0 Å². The second kappa shape index (κ2) is 4.18. The topological polar surface area (TPSA) is 89.3 Å². The highest BCUT2D eigenvalue weighted by molar-refractivity contribution is 7.89. The second-order valence-electron chi connectivity index (χ2n) is 2.71. The van der Waals surface area contributed by atoms with Crippen LogP contribution in [-0.4, -0.2) is 21.4 Å². The number of halogens is 1. The van der Waals surface area contributed by atoms with Gasteiger partial charge in [-0.2, -0.15) is 0 Å². The summed E-state index contributed by atoms with van der Waals surface area (Å²) in [6.45, 7) is 0. The molecule has 0 saturated carbocycles. The zero-order chi connectivity index (χ0) is 11.6. The van der Waals surface area contributed by atoms with Gasteiger partial charge in [-0.1, -0.05) is 11.6 Å². The van der Waals surface area contributed by atoms with Crippen LogP contribution in [-0.2, 0) is 10.0 Å². The molecule has 0 aliphatic carbocycles. The largest absolute Gasteiger partial charge is 0.366 e. The van der Waals surface area contributed by atoms with Crippen molar-refractivity contribution in [3.8, 4) is 0 Å². The van der Waals surface area contributed by atoms with Gasteiger partial charge < -0.3 is 5.73 Å². The predicted molar refractivity (Wildman–Crippen MR) is 56.2 cm³/mol. The van der Waals surface area contributed by atoms with Crippen molar-refractivity contribution in [2.24, 2.45) is 5.73 Å². The summed E-state index contributed by atoms with van der Waals surface area (Å²) in [5.74, 6) is -0.770. The standard InChI is InChI=1S/C8H9ClN2O3S/c1-11-15(13,14)5-2-3-7(9)6(4-5)8(10)12/h2-4,11H,1H3,(H2,10,12). The van der Waals surface area contributed by atoms with Gasteiger partial charge >= 0.3 is 0 Å². The van der Waals surface area contributed by atoms with Gasteiger partial charge in [0.05, 0.1) is 15.5 Å². The van der Waals surface area contributed by atoms with Crippen molar-refractivity contribution < 1.29 is 13.2 Å². The summed E-state index contributed by atoms with van der Waals surface area (Å²) in [5.41, 5.74) is 5.01. The van der Waals surface area contributed by atoms with Crippen LogP contribution < -0.4 is 10.5 Å². The molecule has 0 saturated heterocycles. The highest BCUT2D eigenvalue weighted by Gasteiger charge is 2.15. The fourth-order valence-corrected chi connectivity index (χ4v) is 1.94. The van der Waals surface area contributed by atoms with Gasteiger partial charge in [0.1, 0.15) is 0 Å². The van der Waals surface area contributed by atoms with Crippen molar-refractivity contribution in [3.05, 3.63) is 28.8 Å². The molecule has 0 spiro atoms. The van der Waals surface area contributed by atoms with Crippen molar-refractivity contribution in [2.45, 2.75) is 4.90 Å². The minimum absolute atomic E-state index is 0.0204. The molecule has 82 valence electrons. The number of carbonyl (C=O) groups is 1. The predicted octanol–water partition coefficient (Wildman–Crippen LogP) is 0.347.